The van der Waals surface area contributed by atoms with E-state index in [4.69, 9.17) is 4.74 Å². The van der Waals surface area contributed by atoms with Gasteiger partial charge in [0.2, 0.25) is 5.56 Å². The molecular weight excluding hydrogens is 182 g/mol. The predicted octanol–water partition coefficient (Wildman–Crippen LogP) is 0.789. The van der Waals surface area contributed by atoms with E-state index in [1.807, 2.05) is 0 Å². The Labute approximate surface area is 81.9 Å². The van der Waals surface area contributed by atoms with E-state index in [9.17, 15) is 9.59 Å². The van der Waals surface area contributed by atoms with E-state index >= 15 is 0 Å². The fraction of sp³-hybridized carbons (Fsp3) is 0.400. The monoisotopic (exact) mass is 195 g/mol. The van der Waals surface area contributed by atoms with Gasteiger partial charge in [0.05, 0.1) is 13.0 Å². The highest BCUT2D eigenvalue weighted by Crippen LogP contribution is 2.04. The average Bonchev–Trinajstić information content (AvgIpc) is 2.10. The lowest BCUT2D eigenvalue weighted by molar-refractivity contribution is -0.142. The molecule has 1 heterocycles. The summed E-state index contributed by atoms with van der Waals surface area (Å²) in [5, 5.41) is 0. The molecule has 14 heavy (non-hydrogen) atoms. The van der Waals surface area contributed by atoms with Gasteiger partial charge in [0, 0.05) is 12.3 Å². The fourth-order valence-electron chi connectivity index (χ4n) is 1.16. The highest BCUT2D eigenvalue weighted by molar-refractivity contribution is 5.72. The SMILES string of the molecule is CCOC(=O)Cc1c[nH]c(=O)cc1C. The fourth-order valence-corrected chi connectivity index (χ4v) is 1.16. The number of nitrogens with one attached hydrogen (secondary N) is 1. The van der Waals surface area contributed by atoms with Gasteiger partial charge in [-0.25, -0.2) is 0 Å². The Morgan fingerprint density at radius 2 is 2.29 bits per heavy atom. The maximum Gasteiger partial charge on any atom is 0.310 e. The summed E-state index contributed by atoms with van der Waals surface area (Å²) in [7, 11) is 0. The first-order chi connectivity index (χ1) is 6.63. The van der Waals surface area contributed by atoms with Gasteiger partial charge in [-0.15, -0.1) is 0 Å². The molecule has 0 aromatic carbocycles. The molecule has 0 spiro atoms. The van der Waals surface area contributed by atoms with Gasteiger partial charge in [-0.1, -0.05) is 0 Å². The van der Waals surface area contributed by atoms with Crippen LogP contribution in [0.3, 0.4) is 0 Å². The highest BCUT2D eigenvalue weighted by Gasteiger charge is 2.06. The Balaban J connectivity index is 2.77. The van der Waals surface area contributed by atoms with Crippen LogP contribution in [0.1, 0.15) is 18.1 Å². The van der Waals surface area contributed by atoms with Crippen LogP contribution in [-0.2, 0) is 16.0 Å². The number of rotatable bonds is 3. The van der Waals surface area contributed by atoms with Crippen molar-refractivity contribution in [3.63, 3.8) is 0 Å². The molecule has 0 radical (unpaired) electrons. The van der Waals surface area contributed by atoms with Crippen LogP contribution in [0.15, 0.2) is 17.1 Å². The average molecular weight is 195 g/mol. The number of hydrogen-bond acceptors (Lipinski definition) is 3. The van der Waals surface area contributed by atoms with E-state index in [1.54, 1.807) is 20.0 Å². The minimum Gasteiger partial charge on any atom is -0.466 e. The zero-order valence-corrected chi connectivity index (χ0v) is 8.29. The van der Waals surface area contributed by atoms with Gasteiger partial charge in [-0.2, -0.15) is 0 Å². The van der Waals surface area contributed by atoms with Crippen LogP contribution in [0.5, 0.6) is 0 Å². The Kier molecular flexibility index (Phi) is 3.45. The van der Waals surface area contributed by atoms with Crippen molar-refractivity contribution in [2.75, 3.05) is 6.61 Å². The summed E-state index contributed by atoms with van der Waals surface area (Å²) in [6.07, 6.45) is 1.75. The second-order valence-electron chi connectivity index (χ2n) is 2.99. The van der Waals surface area contributed by atoms with Gasteiger partial charge in [-0.05, 0) is 25.0 Å². The van der Waals surface area contributed by atoms with Crippen molar-refractivity contribution in [2.24, 2.45) is 0 Å². The number of pyridine rings is 1. The topological polar surface area (TPSA) is 59.2 Å². The third kappa shape index (κ3) is 2.73. The summed E-state index contributed by atoms with van der Waals surface area (Å²) in [6, 6.07) is 1.47. The zero-order chi connectivity index (χ0) is 10.6. The number of aromatic amines is 1. The molecule has 1 aromatic rings. The largest absolute Gasteiger partial charge is 0.466 e. The molecule has 0 saturated heterocycles. The second-order valence-corrected chi connectivity index (χ2v) is 2.99. The third-order valence-corrected chi connectivity index (χ3v) is 1.88. The van der Waals surface area contributed by atoms with E-state index in [0.717, 1.165) is 11.1 Å². The number of ether oxygens (including phenoxy) is 1. The van der Waals surface area contributed by atoms with E-state index in [2.05, 4.69) is 4.98 Å². The quantitative estimate of drug-likeness (QED) is 0.725. The number of carbonyl (C=O) groups excluding carboxylic acids is 1. The summed E-state index contributed by atoms with van der Waals surface area (Å²) in [5.74, 6) is -0.275. The van der Waals surface area contributed by atoms with Gasteiger partial charge >= 0.3 is 5.97 Å². The van der Waals surface area contributed by atoms with E-state index in [-0.39, 0.29) is 17.9 Å². The van der Waals surface area contributed by atoms with Gasteiger partial charge in [0.15, 0.2) is 0 Å². The first kappa shape index (κ1) is 10.5. The van der Waals surface area contributed by atoms with Crippen LogP contribution in [0.2, 0.25) is 0 Å². The summed E-state index contributed by atoms with van der Waals surface area (Å²) in [6.45, 7) is 3.93. The van der Waals surface area contributed by atoms with Crippen molar-refractivity contribution in [1.82, 2.24) is 4.98 Å². The Morgan fingerprint density at radius 1 is 1.57 bits per heavy atom. The van der Waals surface area contributed by atoms with Crippen molar-refractivity contribution in [2.45, 2.75) is 20.3 Å². The molecule has 0 atom stereocenters. The molecular formula is C10H13NO3. The second kappa shape index (κ2) is 4.60. The van der Waals surface area contributed by atoms with Gasteiger partial charge in [0.1, 0.15) is 0 Å². The van der Waals surface area contributed by atoms with Crippen LogP contribution in [0.25, 0.3) is 0 Å². The lowest BCUT2D eigenvalue weighted by Crippen LogP contribution is -2.12. The lowest BCUT2D eigenvalue weighted by atomic mass is 10.1. The molecule has 0 amide bonds. The zero-order valence-electron chi connectivity index (χ0n) is 8.29. The first-order valence-corrected chi connectivity index (χ1v) is 4.47. The predicted molar refractivity (Wildman–Crippen MR) is 52.1 cm³/mol. The number of H-pyrrole nitrogens is 1. The van der Waals surface area contributed by atoms with Crippen LogP contribution in [0, 0.1) is 6.92 Å². The van der Waals surface area contributed by atoms with Crippen molar-refractivity contribution < 1.29 is 9.53 Å². The van der Waals surface area contributed by atoms with E-state index < -0.39 is 0 Å². The molecule has 0 aliphatic rings. The molecule has 0 fully saturated rings. The number of carbonyl (C=O) groups is 1. The Morgan fingerprint density at radius 3 is 2.86 bits per heavy atom. The maximum atomic E-state index is 11.1. The van der Waals surface area contributed by atoms with Crippen LogP contribution >= 0.6 is 0 Å². The van der Waals surface area contributed by atoms with Crippen molar-refractivity contribution in [3.8, 4) is 0 Å². The molecule has 0 aliphatic heterocycles. The first-order valence-electron chi connectivity index (χ1n) is 4.47. The molecule has 4 nitrogen and oxygen atoms in total. The number of hydrogen-bond donors (Lipinski definition) is 1. The normalized spacial score (nSPS) is 9.86. The summed E-state index contributed by atoms with van der Waals surface area (Å²) in [4.78, 5) is 24.5. The minimum atomic E-state index is -0.275. The number of esters is 1. The molecule has 1 N–H and O–H groups in total. The molecule has 0 bridgehead atoms. The molecule has 0 aliphatic carbocycles. The summed E-state index contributed by atoms with van der Waals surface area (Å²) < 4.78 is 4.80. The van der Waals surface area contributed by atoms with Crippen LogP contribution in [0.4, 0.5) is 0 Å². The van der Waals surface area contributed by atoms with Crippen molar-refractivity contribution in [1.29, 1.82) is 0 Å². The van der Waals surface area contributed by atoms with Crippen LogP contribution < -0.4 is 5.56 Å². The van der Waals surface area contributed by atoms with Crippen molar-refractivity contribution >= 4 is 5.97 Å². The number of aromatic nitrogens is 1. The summed E-state index contributed by atoms with van der Waals surface area (Å²) in [5.41, 5.74) is 1.44. The van der Waals surface area contributed by atoms with Crippen LogP contribution in [-0.4, -0.2) is 17.6 Å². The molecule has 1 aromatic heterocycles. The van der Waals surface area contributed by atoms with Gasteiger partial charge in [-0.3, -0.25) is 9.59 Å². The van der Waals surface area contributed by atoms with Gasteiger partial charge < -0.3 is 9.72 Å². The Hall–Kier alpha value is -1.58. The van der Waals surface area contributed by atoms with E-state index in [0.29, 0.717) is 6.61 Å². The minimum absolute atomic E-state index is 0.157. The molecule has 76 valence electrons. The van der Waals surface area contributed by atoms with Crippen molar-refractivity contribution in [3.05, 3.63) is 33.7 Å². The Bertz CT molecular complexity index is 381. The third-order valence-electron chi connectivity index (χ3n) is 1.88. The smallest absolute Gasteiger partial charge is 0.310 e. The molecule has 1 rings (SSSR count). The lowest BCUT2D eigenvalue weighted by Gasteiger charge is -2.04. The summed E-state index contributed by atoms with van der Waals surface area (Å²) >= 11 is 0. The highest BCUT2D eigenvalue weighted by atomic mass is 16.5. The molecule has 4 heteroatoms. The standard InChI is InChI=1S/C10H13NO3/c1-3-14-10(13)5-8-6-11-9(12)4-7(8)2/h4,6H,3,5H2,1-2H3,(H,11,12). The van der Waals surface area contributed by atoms with Gasteiger partial charge in [0.25, 0.3) is 0 Å². The number of aryl methyl sites for hydroxylation is 1. The maximum absolute atomic E-state index is 11.1. The van der Waals surface area contributed by atoms with E-state index in [1.165, 1.54) is 6.07 Å². The molecule has 0 saturated carbocycles. The molecule has 0 unspecified atom stereocenters.